The minimum absolute atomic E-state index is 0.183. The molecule has 108 valence electrons. The second kappa shape index (κ2) is 5.22. The van der Waals surface area contributed by atoms with Gasteiger partial charge in [-0.3, -0.25) is 20.1 Å². The Labute approximate surface area is 117 Å². The Kier molecular flexibility index (Phi) is 3.78. The third-order valence-electron chi connectivity index (χ3n) is 3.88. The van der Waals surface area contributed by atoms with E-state index in [4.69, 9.17) is 5.21 Å². The summed E-state index contributed by atoms with van der Waals surface area (Å²) in [4.78, 5) is 25.4. The van der Waals surface area contributed by atoms with Crippen LogP contribution in [0.1, 0.15) is 25.0 Å². The summed E-state index contributed by atoms with van der Waals surface area (Å²) >= 11 is 0. The summed E-state index contributed by atoms with van der Waals surface area (Å²) in [6.07, 6.45) is 0. The van der Waals surface area contributed by atoms with Gasteiger partial charge in [0, 0.05) is 0 Å². The number of hydrogen-bond donors (Lipinski definition) is 3. The Bertz CT molecular complexity index is 529. The fourth-order valence-corrected chi connectivity index (χ4v) is 2.34. The van der Waals surface area contributed by atoms with Gasteiger partial charge in [0.2, 0.25) is 5.91 Å². The molecule has 0 aromatic heterocycles. The molecule has 0 aliphatic carbocycles. The van der Waals surface area contributed by atoms with Crippen molar-refractivity contribution in [3.63, 3.8) is 0 Å². The molecule has 2 amide bonds. The van der Waals surface area contributed by atoms with Crippen LogP contribution in [0.2, 0.25) is 0 Å². The number of benzene rings is 1. The fourth-order valence-electron chi connectivity index (χ4n) is 2.34. The summed E-state index contributed by atoms with van der Waals surface area (Å²) in [5, 5.41) is 11.8. The second-order valence-electron chi connectivity index (χ2n) is 5.25. The molecule has 20 heavy (non-hydrogen) atoms. The van der Waals surface area contributed by atoms with Crippen molar-refractivity contribution in [2.24, 2.45) is 0 Å². The highest BCUT2D eigenvalue weighted by molar-refractivity contribution is 5.93. The van der Waals surface area contributed by atoms with Crippen molar-refractivity contribution in [3.8, 4) is 0 Å². The van der Waals surface area contributed by atoms with Gasteiger partial charge in [0.15, 0.2) is 0 Å². The molecule has 6 nitrogen and oxygen atoms in total. The molecule has 6 heteroatoms. The third kappa shape index (κ3) is 2.28. The van der Waals surface area contributed by atoms with E-state index in [1.54, 1.807) is 19.3 Å². The van der Waals surface area contributed by atoms with Crippen LogP contribution in [0, 0.1) is 6.92 Å². The van der Waals surface area contributed by atoms with Crippen LogP contribution < -0.4 is 10.8 Å². The fraction of sp³-hybridized carbons (Fsp3) is 0.429. The number of rotatable bonds is 3. The first-order chi connectivity index (χ1) is 9.40. The number of aryl methyl sites for hydroxylation is 1. The molecule has 0 saturated carbocycles. The SMILES string of the molecule is Cc1ccc(C2(C)NCN(C(C)C(=O)NO)C2=O)cc1. The van der Waals surface area contributed by atoms with Gasteiger partial charge < -0.3 is 4.90 Å². The van der Waals surface area contributed by atoms with Gasteiger partial charge in [-0.05, 0) is 26.3 Å². The first-order valence-electron chi connectivity index (χ1n) is 6.47. The predicted molar refractivity (Wildman–Crippen MR) is 72.8 cm³/mol. The Morgan fingerprint density at radius 2 is 2.05 bits per heavy atom. The molecule has 0 spiro atoms. The van der Waals surface area contributed by atoms with Crippen LogP contribution in [0.25, 0.3) is 0 Å². The lowest BCUT2D eigenvalue weighted by Gasteiger charge is -2.25. The highest BCUT2D eigenvalue weighted by Crippen LogP contribution is 2.29. The number of hydroxylamine groups is 1. The summed E-state index contributed by atoms with van der Waals surface area (Å²) < 4.78 is 0. The highest BCUT2D eigenvalue weighted by atomic mass is 16.5. The van der Waals surface area contributed by atoms with Gasteiger partial charge in [0.25, 0.3) is 5.91 Å². The van der Waals surface area contributed by atoms with Crippen molar-refractivity contribution < 1.29 is 14.8 Å². The molecule has 1 aromatic carbocycles. The largest absolute Gasteiger partial charge is 0.316 e. The standard InChI is InChI=1S/C14H19N3O3/c1-9-4-6-11(7-5-9)14(3)13(19)17(8-15-14)10(2)12(18)16-20/h4-7,10,15,20H,8H2,1-3H3,(H,16,18). The average molecular weight is 277 g/mol. The van der Waals surface area contributed by atoms with Crippen molar-refractivity contribution in [2.75, 3.05) is 6.67 Å². The van der Waals surface area contributed by atoms with Crippen molar-refractivity contribution in [1.82, 2.24) is 15.7 Å². The van der Waals surface area contributed by atoms with Gasteiger partial charge >= 0.3 is 0 Å². The van der Waals surface area contributed by atoms with E-state index in [0.29, 0.717) is 0 Å². The van der Waals surface area contributed by atoms with E-state index in [2.05, 4.69) is 5.32 Å². The first kappa shape index (κ1) is 14.5. The van der Waals surface area contributed by atoms with Gasteiger partial charge in [-0.2, -0.15) is 0 Å². The van der Waals surface area contributed by atoms with Crippen LogP contribution in [-0.2, 0) is 15.1 Å². The van der Waals surface area contributed by atoms with E-state index >= 15 is 0 Å². The van der Waals surface area contributed by atoms with Crippen LogP contribution in [0.3, 0.4) is 0 Å². The minimum Gasteiger partial charge on any atom is -0.316 e. The van der Waals surface area contributed by atoms with Crippen LogP contribution in [0.15, 0.2) is 24.3 Å². The quantitative estimate of drug-likeness (QED) is 0.555. The molecule has 1 aliphatic rings. The van der Waals surface area contributed by atoms with E-state index in [9.17, 15) is 9.59 Å². The van der Waals surface area contributed by atoms with Gasteiger partial charge in [-0.1, -0.05) is 29.8 Å². The summed E-state index contributed by atoms with van der Waals surface area (Å²) in [5.74, 6) is -0.786. The van der Waals surface area contributed by atoms with Crippen molar-refractivity contribution >= 4 is 11.8 Å². The van der Waals surface area contributed by atoms with Crippen LogP contribution in [-0.4, -0.2) is 34.6 Å². The number of nitrogens with zero attached hydrogens (tertiary/aromatic N) is 1. The van der Waals surface area contributed by atoms with Crippen LogP contribution in [0.5, 0.6) is 0 Å². The Hall–Kier alpha value is -1.92. The molecule has 1 aromatic rings. The van der Waals surface area contributed by atoms with E-state index in [1.807, 2.05) is 31.2 Å². The number of carbonyl (C=O) groups is 2. The molecule has 1 saturated heterocycles. The molecular weight excluding hydrogens is 258 g/mol. The van der Waals surface area contributed by atoms with Gasteiger partial charge in [0.1, 0.15) is 11.6 Å². The summed E-state index contributed by atoms with van der Waals surface area (Å²) in [7, 11) is 0. The minimum atomic E-state index is -0.850. The summed E-state index contributed by atoms with van der Waals surface area (Å²) in [6, 6.07) is 6.97. The number of hydrogen-bond acceptors (Lipinski definition) is 4. The highest BCUT2D eigenvalue weighted by Gasteiger charge is 2.46. The topological polar surface area (TPSA) is 81.7 Å². The molecule has 0 radical (unpaired) electrons. The monoisotopic (exact) mass is 277 g/mol. The van der Waals surface area contributed by atoms with Crippen LogP contribution in [0.4, 0.5) is 0 Å². The zero-order valence-corrected chi connectivity index (χ0v) is 11.8. The summed E-state index contributed by atoms with van der Waals surface area (Å²) in [6.45, 7) is 5.61. The lowest BCUT2D eigenvalue weighted by Crippen LogP contribution is -2.47. The summed E-state index contributed by atoms with van der Waals surface area (Å²) in [5.41, 5.74) is 2.70. The maximum atomic E-state index is 12.6. The smallest absolute Gasteiger partial charge is 0.265 e. The zero-order chi connectivity index (χ0) is 14.9. The van der Waals surface area contributed by atoms with Crippen molar-refractivity contribution in [2.45, 2.75) is 32.4 Å². The molecule has 1 aliphatic heterocycles. The molecule has 2 atom stereocenters. The van der Waals surface area contributed by atoms with E-state index in [1.165, 1.54) is 4.90 Å². The molecule has 1 heterocycles. The van der Waals surface area contributed by atoms with Crippen molar-refractivity contribution in [1.29, 1.82) is 0 Å². The molecular formula is C14H19N3O3. The normalized spacial score (nSPS) is 23.8. The van der Waals surface area contributed by atoms with Gasteiger partial charge in [-0.25, -0.2) is 5.48 Å². The number of nitrogens with one attached hydrogen (secondary N) is 2. The predicted octanol–water partition coefficient (Wildman–Crippen LogP) is 0.493. The van der Waals surface area contributed by atoms with Crippen molar-refractivity contribution in [3.05, 3.63) is 35.4 Å². The first-order valence-corrected chi connectivity index (χ1v) is 6.47. The number of carbonyl (C=O) groups excluding carboxylic acids is 2. The van der Waals surface area contributed by atoms with E-state index in [-0.39, 0.29) is 12.6 Å². The van der Waals surface area contributed by atoms with Crippen LogP contribution >= 0.6 is 0 Å². The lowest BCUT2D eigenvalue weighted by molar-refractivity contribution is -0.143. The lowest BCUT2D eigenvalue weighted by atomic mass is 9.91. The molecule has 2 rings (SSSR count). The Morgan fingerprint density at radius 1 is 1.45 bits per heavy atom. The second-order valence-corrected chi connectivity index (χ2v) is 5.25. The van der Waals surface area contributed by atoms with Gasteiger partial charge in [-0.15, -0.1) is 0 Å². The molecule has 0 bridgehead atoms. The van der Waals surface area contributed by atoms with Gasteiger partial charge in [0.05, 0.1) is 6.67 Å². The number of amides is 2. The van der Waals surface area contributed by atoms with E-state index in [0.717, 1.165) is 11.1 Å². The average Bonchev–Trinajstić information content (AvgIpc) is 2.75. The van der Waals surface area contributed by atoms with E-state index < -0.39 is 17.5 Å². The maximum Gasteiger partial charge on any atom is 0.265 e. The zero-order valence-electron chi connectivity index (χ0n) is 11.8. The molecule has 3 N–H and O–H groups in total. The Balaban J connectivity index is 2.26. The maximum absolute atomic E-state index is 12.6. The third-order valence-corrected chi connectivity index (χ3v) is 3.88. The molecule has 2 unspecified atom stereocenters. The Morgan fingerprint density at radius 3 is 2.60 bits per heavy atom. The molecule has 1 fully saturated rings.